The summed E-state index contributed by atoms with van der Waals surface area (Å²) in [6, 6.07) is 0.731. The molecule has 1 heterocycles. The van der Waals surface area contributed by atoms with Gasteiger partial charge in [0, 0.05) is 19.1 Å². The van der Waals surface area contributed by atoms with Crippen molar-refractivity contribution in [1.82, 2.24) is 9.80 Å². The highest BCUT2D eigenvalue weighted by Gasteiger charge is 2.26. The minimum absolute atomic E-state index is 0.356. The molecule has 1 fully saturated rings. The van der Waals surface area contributed by atoms with Crippen LogP contribution in [0.25, 0.3) is 0 Å². The molecule has 0 radical (unpaired) electrons. The third-order valence-electron chi connectivity index (χ3n) is 4.21. The van der Waals surface area contributed by atoms with E-state index in [9.17, 15) is 5.11 Å². The zero-order valence-corrected chi connectivity index (χ0v) is 12.4. The van der Waals surface area contributed by atoms with Crippen molar-refractivity contribution in [2.75, 3.05) is 39.3 Å². The molecule has 18 heavy (non-hydrogen) atoms. The highest BCUT2D eigenvalue weighted by Crippen LogP contribution is 2.17. The van der Waals surface area contributed by atoms with E-state index in [1.165, 1.54) is 19.5 Å². The smallest absolute Gasteiger partial charge is 0.0741 e. The van der Waals surface area contributed by atoms with Crippen molar-refractivity contribution in [2.24, 2.45) is 5.73 Å². The molecule has 0 saturated carbocycles. The van der Waals surface area contributed by atoms with Crippen LogP contribution in [0.5, 0.6) is 0 Å². The normalized spacial score (nSPS) is 24.7. The first-order valence-corrected chi connectivity index (χ1v) is 7.41. The van der Waals surface area contributed by atoms with Crippen molar-refractivity contribution in [3.05, 3.63) is 0 Å². The number of hydrogen-bond acceptors (Lipinski definition) is 4. The van der Waals surface area contributed by atoms with Crippen molar-refractivity contribution >= 4 is 0 Å². The molecule has 1 rings (SSSR count). The molecule has 0 bridgehead atoms. The van der Waals surface area contributed by atoms with Gasteiger partial charge in [0.25, 0.3) is 0 Å². The standard InChI is InChI=1S/C14H31N3O/c1-4-17(5-2)13-7-10-16(11-13)9-6-8-14(3,18)12-15/h13,18H,4-12,15H2,1-3H3. The first-order valence-electron chi connectivity index (χ1n) is 7.41. The van der Waals surface area contributed by atoms with Gasteiger partial charge in [-0.3, -0.25) is 4.90 Å². The summed E-state index contributed by atoms with van der Waals surface area (Å²) < 4.78 is 0. The largest absolute Gasteiger partial charge is 0.389 e. The van der Waals surface area contributed by atoms with Gasteiger partial charge in [-0.15, -0.1) is 0 Å². The predicted molar refractivity (Wildman–Crippen MR) is 76.7 cm³/mol. The Morgan fingerprint density at radius 3 is 2.61 bits per heavy atom. The molecule has 1 aliphatic heterocycles. The van der Waals surface area contributed by atoms with Gasteiger partial charge >= 0.3 is 0 Å². The Morgan fingerprint density at radius 2 is 2.06 bits per heavy atom. The molecule has 0 amide bonds. The van der Waals surface area contributed by atoms with Gasteiger partial charge in [0.1, 0.15) is 0 Å². The van der Waals surface area contributed by atoms with Gasteiger partial charge in [0.15, 0.2) is 0 Å². The lowest BCUT2D eigenvalue weighted by molar-refractivity contribution is 0.0549. The summed E-state index contributed by atoms with van der Waals surface area (Å²) in [4.78, 5) is 5.08. The van der Waals surface area contributed by atoms with E-state index in [0.29, 0.717) is 6.54 Å². The molecule has 2 atom stereocenters. The van der Waals surface area contributed by atoms with Crippen LogP contribution in [0.4, 0.5) is 0 Å². The Labute approximate surface area is 112 Å². The van der Waals surface area contributed by atoms with E-state index in [-0.39, 0.29) is 0 Å². The minimum atomic E-state index is -0.683. The Balaban J connectivity index is 2.22. The molecule has 0 aromatic rings. The molecule has 0 spiro atoms. The van der Waals surface area contributed by atoms with Crippen LogP contribution in [0.2, 0.25) is 0 Å². The number of likely N-dealkylation sites (N-methyl/N-ethyl adjacent to an activating group) is 1. The summed E-state index contributed by atoms with van der Waals surface area (Å²) in [5.41, 5.74) is 4.85. The molecule has 1 aliphatic rings. The maximum absolute atomic E-state index is 9.86. The van der Waals surface area contributed by atoms with E-state index < -0.39 is 5.60 Å². The quantitative estimate of drug-likeness (QED) is 0.678. The lowest BCUT2D eigenvalue weighted by atomic mass is 10.0. The van der Waals surface area contributed by atoms with Crippen LogP contribution >= 0.6 is 0 Å². The van der Waals surface area contributed by atoms with Crippen molar-refractivity contribution in [3.8, 4) is 0 Å². The Hall–Kier alpha value is -0.160. The third kappa shape index (κ3) is 4.84. The first kappa shape index (κ1) is 15.9. The number of rotatable bonds is 8. The van der Waals surface area contributed by atoms with Crippen LogP contribution in [0.15, 0.2) is 0 Å². The average molecular weight is 257 g/mol. The number of nitrogens with two attached hydrogens (primary N) is 1. The fourth-order valence-corrected chi connectivity index (χ4v) is 2.84. The molecule has 2 unspecified atom stereocenters. The van der Waals surface area contributed by atoms with Gasteiger partial charge in [-0.1, -0.05) is 13.8 Å². The Kier molecular flexibility index (Phi) is 6.57. The van der Waals surface area contributed by atoms with E-state index in [1.807, 2.05) is 6.92 Å². The van der Waals surface area contributed by atoms with E-state index >= 15 is 0 Å². The minimum Gasteiger partial charge on any atom is -0.389 e. The Morgan fingerprint density at radius 1 is 1.39 bits per heavy atom. The molecule has 0 aromatic heterocycles. The molecule has 0 aromatic carbocycles. The van der Waals surface area contributed by atoms with E-state index in [4.69, 9.17) is 5.73 Å². The highest BCUT2D eigenvalue weighted by molar-refractivity contribution is 4.83. The second kappa shape index (κ2) is 7.43. The van der Waals surface area contributed by atoms with Crippen LogP contribution in [-0.4, -0.2) is 65.8 Å². The molecule has 4 heteroatoms. The van der Waals surface area contributed by atoms with Gasteiger partial charge in [-0.2, -0.15) is 0 Å². The summed E-state index contributed by atoms with van der Waals surface area (Å²) in [5.74, 6) is 0. The van der Waals surface area contributed by atoms with Crippen LogP contribution in [-0.2, 0) is 0 Å². The SMILES string of the molecule is CCN(CC)C1CCN(CCCC(C)(O)CN)C1. The Bertz CT molecular complexity index is 229. The number of likely N-dealkylation sites (tertiary alicyclic amines) is 1. The van der Waals surface area contributed by atoms with Gasteiger partial charge in [0.2, 0.25) is 0 Å². The average Bonchev–Trinajstić information content (AvgIpc) is 2.79. The summed E-state index contributed by atoms with van der Waals surface area (Å²) in [5, 5.41) is 9.86. The molecular formula is C14H31N3O. The van der Waals surface area contributed by atoms with Crippen molar-refractivity contribution in [3.63, 3.8) is 0 Å². The van der Waals surface area contributed by atoms with E-state index in [1.54, 1.807) is 0 Å². The number of nitrogens with zero attached hydrogens (tertiary/aromatic N) is 2. The van der Waals surface area contributed by atoms with Crippen LogP contribution in [0.3, 0.4) is 0 Å². The zero-order valence-electron chi connectivity index (χ0n) is 12.4. The molecule has 3 N–H and O–H groups in total. The van der Waals surface area contributed by atoms with Crippen molar-refractivity contribution in [2.45, 2.75) is 51.7 Å². The summed E-state index contributed by atoms with van der Waals surface area (Å²) in [6.07, 6.45) is 3.13. The molecule has 4 nitrogen and oxygen atoms in total. The molecule has 0 aliphatic carbocycles. The monoisotopic (exact) mass is 257 g/mol. The zero-order chi connectivity index (χ0) is 13.6. The summed E-state index contributed by atoms with van der Waals surface area (Å²) in [7, 11) is 0. The fourth-order valence-electron chi connectivity index (χ4n) is 2.84. The van der Waals surface area contributed by atoms with Gasteiger partial charge in [-0.05, 0) is 52.4 Å². The van der Waals surface area contributed by atoms with Crippen LogP contribution in [0.1, 0.15) is 40.0 Å². The van der Waals surface area contributed by atoms with Crippen molar-refractivity contribution in [1.29, 1.82) is 0 Å². The van der Waals surface area contributed by atoms with Gasteiger partial charge in [-0.25, -0.2) is 0 Å². The lowest BCUT2D eigenvalue weighted by Crippen LogP contribution is -2.38. The van der Waals surface area contributed by atoms with Gasteiger partial charge in [0.05, 0.1) is 5.60 Å². The maximum Gasteiger partial charge on any atom is 0.0741 e. The van der Waals surface area contributed by atoms with E-state index in [2.05, 4.69) is 23.6 Å². The second-order valence-electron chi connectivity index (χ2n) is 5.77. The second-order valence-corrected chi connectivity index (χ2v) is 5.77. The predicted octanol–water partition coefficient (Wildman–Crippen LogP) is 0.892. The molecular weight excluding hydrogens is 226 g/mol. The topological polar surface area (TPSA) is 52.7 Å². The van der Waals surface area contributed by atoms with E-state index in [0.717, 1.165) is 38.5 Å². The van der Waals surface area contributed by atoms with Crippen LogP contribution < -0.4 is 5.73 Å². The number of hydrogen-bond donors (Lipinski definition) is 2. The maximum atomic E-state index is 9.86. The first-order chi connectivity index (χ1) is 8.52. The fraction of sp³-hybridized carbons (Fsp3) is 1.00. The van der Waals surface area contributed by atoms with Gasteiger partial charge < -0.3 is 15.7 Å². The molecule has 108 valence electrons. The summed E-state index contributed by atoms with van der Waals surface area (Å²) in [6.45, 7) is 12.4. The third-order valence-corrected chi connectivity index (χ3v) is 4.21. The molecule has 1 saturated heterocycles. The number of aliphatic hydroxyl groups is 1. The summed E-state index contributed by atoms with van der Waals surface area (Å²) >= 11 is 0. The van der Waals surface area contributed by atoms with Crippen LogP contribution in [0, 0.1) is 0 Å². The lowest BCUT2D eigenvalue weighted by Gasteiger charge is -2.26. The van der Waals surface area contributed by atoms with Crippen molar-refractivity contribution < 1.29 is 5.11 Å². The highest BCUT2D eigenvalue weighted by atomic mass is 16.3.